The zero-order valence-electron chi connectivity index (χ0n) is 16.9. The Morgan fingerprint density at radius 2 is 2.00 bits per heavy atom. The predicted octanol–water partition coefficient (Wildman–Crippen LogP) is 2.18. The van der Waals surface area contributed by atoms with Gasteiger partial charge in [-0.25, -0.2) is 4.39 Å². The number of aromatic nitrogens is 2. The highest BCUT2D eigenvalue weighted by Crippen LogP contribution is 2.36. The van der Waals surface area contributed by atoms with Crippen LogP contribution in [-0.2, 0) is 0 Å². The number of hydrogen-bond acceptors (Lipinski definition) is 6. The minimum absolute atomic E-state index is 0.135. The molecule has 4 heterocycles. The lowest BCUT2D eigenvalue weighted by molar-refractivity contribution is 0.0701. The van der Waals surface area contributed by atoms with Gasteiger partial charge in [-0.15, -0.1) is 0 Å². The fourth-order valence-corrected chi connectivity index (χ4v) is 4.01. The van der Waals surface area contributed by atoms with Crippen molar-refractivity contribution in [1.82, 2.24) is 14.6 Å². The lowest BCUT2D eigenvalue weighted by Gasteiger charge is -2.43. The number of benzene rings is 1. The highest BCUT2D eigenvalue weighted by molar-refractivity contribution is 5.96. The van der Waals surface area contributed by atoms with Crippen LogP contribution in [0.5, 0.6) is 11.5 Å². The summed E-state index contributed by atoms with van der Waals surface area (Å²) in [6.07, 6.45) is 6.58. The molecule has 0 unspecified atom stereocenters. The van der Waals surface area contributed by atoms with E-state index in [-0.39, 0.29) is 25.5 Å². The standard InChI is InChI=1S/C23H19FN4O4/c24-15-6-7-16-19(13-15)32-12-4-3-10-26-14-28(20(16)17-5-1-2-9-25-17)27-11-8-18(29)22(30)21(27)23(26)31/h1-9,11,13,20,30H,10,12,14H2/t20-/m0/s1. The van der Waals surface area contributed by atoms with E-state index in [1.54, 1.807) is 35.5 Å². The van der Waals surface area contributed by atoms with Gasteiger partial charge in [-0.05, 0) is 30.3 Å². The van der Waals surface area contributed by atoms with E-state index in [2.05, 4.69) is 4.98 Å². The highest BCUT2D eigenvalue weighted by Gasteiger charge is 2.37. The van der Waals surface area contributed by atoms with E-state index in [0.717, 1.165) is 0 Å². The summed E-state index contributed by atoms with van der Waals surface area (Å²) in [5.74, 6) is -1.20. The quantitative estimate of drug-likeness (QED) is 0.591. The van der Waals surface area contributed by atoms with Crippen LogP contribution < -0.4 is 15.2 Å². The molecule has 0 saturated carbocycles. The predicted molar refractivity (Wildman–Crippen MR) is 114 cm³/mol. The Morgan fingerprint density at radius 1 is 1.12 bits per heavy atom. The number of carbonyl (C=O) groups is 1. The van der Waals surface area contributed by atoms with E-state index in [9.17, 15) is 19.1 Å². The monoisotopic (exact) mass is 434 g/mol. The van der Waals surface area contributed by atoms with Crippen molar-refractivity contribution in [2.24, 2.45) is 0 Å². The molecular weight excluding hydrogens is 415 g/mol. The first kappa shape index (κ1) is 19.8. The normalized spacial score (nSPS) is 17.8. The van der Waals surface area contributed by atoms with Crippen molar-refractivity contribution in [1.29, 1.82) is 0 Å². The van der Waals surface area contributed by atoms with Crippen molar-refractivity contribution < 1.29 is 19.0 Å². The van der Waals surface area contributed by atoms with E-state index in [1.807, 2.05) is 12.1 Å². The summed E-state index contributed by atoms with van der Waals surface area (Å²) in [7, 11) is 0. The van der Waals surface area contributed by atoms with E-state index in [4.69, 9.17) is 4.74 Å². The summed E-state index contributed by atoms with van der Waals surface area (Å²) in [6, 6.07) is 10.3. The molecule has 2 aliphatic heterocycles. The number of rotatable bonds is 1. The van der Waals surface area contributed by atoms with Crippen molar-refractivity contribution in [3.05, 3.63) is 100 Å². The van der Waals surface area contributed by atoms with Gasteiger partial charge in [-0.3, -0.25) is 24.3 Å². The number of carbonyl (C=O) groups excluding carboxylic acids is 1. The molecule has 9 heteroatoms. The van der Waals surface area contributed by atoms with Crippen molar-refractivity contribution >= 4 is 5.91 Å². The largest absolute Gasteiger partial charge is 0.502 e. The summed E-state index contributed by atoms with van der Waals surface area (Å²) >= 11 is 0. The van der Waals surface area contributed by atoms with Crippen molar-refractivity contribution in [2.45, 2.75) is 6.04 Å². The molecular formula is C23H19FN4O4. The molecule has 1 atom stereocenters. The molecule has 32 heavy (non-hydrogen) atoms. The van der Waals surface area contributed by atoms with Crippen molar-refractivity contribution in [2.75, 3.05) is 24.8 Å². The Kier molecular flexibility index (Phi) is 4.85. The smallest absolute Gasteiger partial charge is 0.278 e. The van der Waals surface area contributed by atoms with Crippen LogP contribution in [0.2, 0.25) is 0 Å². The van der Waals surface area contributed by atoms with E-state index in [0.29, 0.717) is 17.0 Å². The maximum atomic E-state index is 14.1. The van der Waals surface area contributed by atoms with Gasteiger partial charge >= 0.3 is 0 Å². The molecule has 0 spiro atoms. The molecule has 5 rings (SSSR count). The van der Waals surface area contributed by atoms with Gasteiger partial charge in [-0.2, -0.15) is 0 Å². The second-order valence-corrected chi connectivity index (χ2v) is 7.45. The van der Waals surface area contributed by atoms with Crippen LogP contribution in [0.15, 0.2) is 71.8 Å². The van der Waals surface area contributed by atoms with Crippen LogP contribution in [0.1, 0.15) is 27.8 Å². The van der Waals surface area contributed by atoms with Crippen LogP contribution in [0.25, 0.3) is 0 Å². The highest BCUT2D eigenvalue weighted by atomic mass is 19.1. The van der Waals surface area contributed by atoms with Crippen LogP contribution in [0.3, 0.4) is 0 Å². The lowest BCUT2D eigenvalue weighted by atomic mass is 10.0. The van der Waals surface area contributed by atoms with Gasteiger partial charge in [0.15, 0.2) is 11.4 Å². The van der Waals surface area contributed by atoms with Gasteiger partial charge in [-0.1, -0.05) is 12.1 Å². The molecule has 0 aliphatic carbocycles. The summed E-state index contributed by atoms with van der Waals surface area (Å²) < 4.78 is 21.4. The fourth-order valence-electron chi connectivity index (χ4n) is 4.01. The number of aromatic hydroxyl groups is 1. The molecule has 0 radical (unpaired) electrons. The number of nitrogens with zero attached hydrogens (tertiary/aromatic N) is 4. The van der Waals surface area contributed by atoms with Crippen LogP contribution in [0.4, 0.5) is 4.39 Å². The number of fused-ring (bicyclic) bond motifs is 5. The Hall–Kier alpha value is -4.14. The van der Waals surface area contributed by atoms with Crippen molar-refractivity contribution in [3.63, 3.8) is 0 Å². The molecule has 2 aromatic heterocycles. The lowest BCUT2D eigenvalue weighted by Crippen LogP contribution is -2.55. The molecule has 8 nitrogen and oxygen atoms in total. The SMILES string of the molecule is O=C1c2c(O)c(=O)ccn2N2CN1CC=CCOc1cc(F)ccc1[C@H]2c1ccccn1. The van der Waals surface area contributed by atoms with Crippen LogP contribution >= 0.6 is 0 Å². The molecule has 2 aliphatic rings. The van der Waals surface area contributed by atoms with Crippen molar-refractivity contribution in [3.8, 4) is 11.5 Å². The third kappa shape index (κ3) is 3.27. The molecule has 1 N–H and O–H groups in total. The third-order valence-electron chi connectivity index (χ3n) is 5.50. The number of amides is 1. The number of hydrogen-bond donors (Lipinski definition) is 1. The van der Waals surface area contributed by atoms with E-state index < -0.39 is 28.9 Å². The number of halogens is 1. The van der Waals surface area contributed by atoms with Gasteiger partial charge in [0.1, 0.15) is 30.9 Å². The van der Waals surface area contributed by atoms with E-state index >= 15 is 0 Å². The molecule has 3 aromatic rings. The molecule has 0 fully saturated rings. The maximum Gasteiger partial charge on any atom is 0.278 e. The topological polar surface area (TPSA) is 87.9 Å². The summed E-state index contributed by atoms with van der Waals surface area (Å²) in [5, 5.41) is 12.3. The second-order valence-electron chi connectivity index (χ2n) is 7.45. The molecule has 1 aromatic carbocycles. The first-order valence-corrected chi connectivity index (χ1v) is 10.0. The first-order valence-electron chi connectivity index (χ1n) is 10.0. The zero-order valence-corrected chi connectivity index (χ0v) is 16.9. The molecule has 1 amide bonds. The molecule has 2 bridgehead atoms. The molecule has 162 valence electrons. The van der Waals surface area contributed by atoms with Crippen LogP contribution in [-0.4, -0.2) is 45.4 Å². The average Bonchev–Trinajstić information content (AvgIpc) is 2.82. The van der Waals surface area contributed by atoms with Gasteiger partial charge < -0.3 is 14.7 Å². The first-order chi connectivity index (χ1) is 15.5. The summed E-state index contributed by atoms with van der Waals surface area (Å²) in [4.78, 5) is 31.3. The van der Waals surface area contributed by atoms with Crippen LogP contribution in [0, 0.1) is 5.82 Å². The van der Waals surface area contributed by atoms with E-state index in [1.165, 1.54) is 34.0 Å². The van der Waals surface area contributed by atoms with Gasteiger partial charge in [0, 0.05) is 36.6 Å². The number of ether oxygens (including phenoxy) is 1. The third-order valence-corrected chi connectivity index (χ3v) is 5.50. The Morgan fingerprint density at radius 3 is 2.81 bits per heavy atom. The maximum absolute atomic E-state index is 14.1. The Labute approximate surface area is 182 Å². The Balaban J connectivity index is 1.80. The fraction of sp³-hybridized carbons (Fsp3) is 0.174. The van der Waals surface area contributed by atoms with Gasteiger partial charge in [0.25, 0.3) is 5.91 Å². The molecule has 0 saturated heterocycles. The van der Waals surface area contributed by atoms with Gasteiger partial charge in [0.2, 0.25) is 5.43 Å². The minimum atomic E-state index is -0.647. The summed E-state index contributed by atoms with van der Waals surface area (Å²) in [6.45, 7) is 0.556. The minimum Gasteiger partial charge on any atom is -0.502 e. The second kappa shape index (κ2) is 7.84. The Bertz CT molecular complexity index is 1270. The average molecular weight is 434 g/mol. The summed E-state index contributed by atoms with van der Waals surface area (Å²) in [5.41, 5.74) is 0.460. The zero-order chi connectivity index (χ0) is 22.2. The van der Waals surface area contributed by atoms with Gasteiger partial charge in [0.05, 0.1) is 5.69 Å². The number of pyridine rings is 2.